The van der Waals surface area contributed by atoms with Crippen molar-refractivity contribution in [2.24, 2.45) is 11.8 Å². The van der Waals surface area contributed by atoms with E-state index in [1.165, 1.54) is 0 Å². The van der Waals surface area contributed by atoms with Crippen LogP contribution in [0.3, 0.4) is 0 Å². The van der Waals surface area contributed by atoms with Gasteiger partial charge < -0.3 is 4.74 Å². The minimum Gasteiger partial charge on any atom is -0.376 e. The van der Waals surface area contributed by atoms with Gasteiger partial charge in [-0.3, -0.25) is 0 Å². The maximum Gasteiger partial charge on any atom is 0.130 e. The number of hydrogen-bond acceptors (Lipinski definition) is 2. The number of allylic oxidation sites excluding steroid dienone is 2. The highest BCUT2D eigenvalue weighted by Gasteiger charge is 2.18. The molecule has 1 aromatic rings. The summed E-state index contributed by atoms with van der Waals surface area (Å²) in [5.74, 6) is 1.29. The van der Waals surface area contributed by atoms with Gasteiger partial charge in [0.25, 0.3) is 0 Å². The molecule has 1 aliphatic carbocycles. The van der Waals surface area contributed by atoms with E-state index >= 15 is 0 Å². The van der Waals surface area contributed by atoms with Crippen LogP contribution in [0, 0.1) is 11.8 Å². The molecule has 0 radical (unpaired) electrons. The Morgan fingerprint density at radius 2 is 2.11 bits per heavy atom. The van der Waals surface area contributed by atoms with Gasteiger partial charge in [0.2, 0.25) is 0 Å². The SMILES string of the molecule is CC1CC=CCC1COCc1cnc(Cl)cc1Cl. The smallest absolute Gasteiger partial charge is 0.130 e. The Kier molecular flexibility index (Phi) is 5.04. The zero-order chi connectivity index (χ0) is 13.0. The van der Waals surface area contributed by atoms with Gasteiger partial charge in [0.1, 0.15) is 5.15 Å². The van der Waals surface area contributed by atoms with Crippen LogP contribution in [-0.2, 0) is 11.3 Å². The fraction of sp³-hybridized carbons (Fsp3) is 0.500. The zero-order valence-electron chi connectivity index (χ0n) is 10.4. The normalized spacial score (nSPS) is 23.3. The van der Waals surface area contributed by atoms with Crippen LogP contribution in [0.15, 0.2) is 24.4 Å². The number of aromatic nitrogens is 1. The van der Waals surface area contributed by atoms with Gasteiger partial charge in [-0.2, -0.15) is 0 Å². The Balaban J connectivity index is 1.83. The highest BCUT2D eigenvalue weighted by Crippen LogP contribution is 2.26. The van der Waals surface area contributed by atoms with Crippen molar-refractivity contribution >= 4 is 23.2 Å². The van der Waals surface area contributed by atoms with E-state index < -0.39 is 0 Å². The van der Waals surface area contributed by atoms with Crippen molar-refractivity contribution in [3.63, 3.8) is 0 Å². The van der Waals surface area contributed by atoms with Gasteiger partial charge in [0.05, 0.1) is 18.2 Å². The summed E-state index contributed by atoms with van der Waals surface area (Å²) in [5, 5.41) is 1.03. The Morgan fingerprint density at radius 3 is 2.83 bits per heavy atom. The lowest BCUT2D eigenvalue weighted by Crippen LogP contribution is -2.19. The van der Waals surface area contributed by atoms with E-state index in [0.29, 0.717) is 28.6 Å². The fourth-order valence-corrected chi connectivity index (χ4v) is 2.52. The molecule has 0 aliphatic heterocycles. The van der Waals surface area contributed by atoms with E-state index in [-0.39, 0.29) is 0 Å². The summed E-state index contributed by atoms with van der Waals surface area (Å²) in [6.45, 7) is 3.54. The lowest BCUT2D eigenvalue weighted by molar-refractivity contribution is 0.0679. The average Bonchev–Trinajstić information content (AvgIpc) is 2.34. The van der Waals surface area contributed by atoms with Crippen LogP contribution in [0.1, 0.15) is 25.3 Å². The summed E-state index contributed by atoms with van der Waals surface area (Å²) in [5.41, 5.74) is 0.889. The number of rotatable bonds is 4. The molecular weight excluding hydrogens is 269 g/mol. The molecule has 1 aromatic heterocycles. The second-order valence-corrected chi connectivity index (χ2v) is 5.59. The molecule has 2 rings (SSSR count). The molecule has 4 heteroatoms. The first kappa shape index (κ1) is 13.9. The molecule has 1 heterocycles. The van der Waals surface area contributed by atoms with Gasteiger partial charge in [0.15, 0.2) is 0 Å². The molecule has 2 atom stereocenters. The monoisotopic (exact) mass is 285 g/mol. The van der Waals surface area contributed by atoms with E-state index in [0.717, 1.165) is 25.0 Å². The molecule has 0 saturated heterocycles. The van der Waals surface area contributed by atoms with Crippen LogP contribution in [0.25, 0.3) is 0 Å². The molecule has 0 amide bonds. The zero-order valence-corrected chi connectivity index (χ0v) is 11.9. The van der Waals surface area contributed by atoms with E-state index in [4.69, 9.17) is 27.9 Å². The molecule has 18 heavy (non-hydrogen) atoms. The quantitative estimate of drug-likeness (QED) is 0.600. The Labute approximate surface area is 118 Å². The predicted molar refractivity (Wildman–Crippen MR) is 74.9 cm³/mol. The highest BCUT2D eigenvalue weighted by atomic mass is 35.5. The molecule has 0 spiro atoms. The van der Waals surface area contributed by atoms with Crippen molar-refractivity contribution in [3.05, 3.63) is 40.2 Å². The number of halogens is 2. The molecule has 0 saturated carbocycles. The van der Waals surface area contributed by atoms with E-state index in [2.05, 4.69) is 24.1 Å². The van der Waals surface area contributed by atoms with Crippen molar-refractivity contribution in [1.82, 2.24) is 4.98 Å². The summed E-state index contributed by atoms with van der Waals surface area (Å²) in [7, 11) is 0. The van der Waals surface area contributed by atoms with Crippen molar-refractivity contribution in [2.45, 2.75) is 26.4 Å². The fourth-order valence-electron chi connectivity index (χ4n) is 2.10. The summed E-state index contributed by atoms with van der Waals surface area (Å²) < 4.78 is 5.75. The van der Waals surface area contributed by atoms with Crippen molar-refractivity contribution in [3.8, 4) is 0 Å². The second-order valence-electron chi connectivity index (χ2n) is 4.79. The van der Waals surface area contributed by atoms with Gasteiger partial charge in [0, 0.05) is 11.8 Å². The highest BCUT2D eigenvalue weighted by molar-refractivity contribution is 6.34. The minimum absolute atomic E-state index is 0.412. The van der Waals surface area contributed by atoms with E-state index in [1.54, 1.807) is 12.3 Å². The van der Waals surface area contributed by atoms with Gasteiger partial charge in [-0.05, 0) is 30.7 Å². The summed E-state index contributed by atoms with van der Waals surface area (Å²) >= 11 is 11.8. The first-order valence-electron chi connectivity index (χ1n) is 6.19. The predicted octanol–water partition coefficient (Wildman–Crippen LogP) is 4.51. The van der Waals surface area contributed by atoms with Crippen LogP contribution >= 0.6 is 23.2 Å². The molecule has 2 unspecified atom stereocenters. The summed E-state index contributed by atoms with van der Waals surface area (Å²) in [6, 6.07) is 1.65. The maximum absolute atomic E-state index is 6.06. The van der Waals surface area contributed by atoms with Crippen LogP contribution < -0.4 is 0 Å². The molecule has 1 aliphatic rings. The first-order chi connectivity index (χ1) is 8.66. The van der Waals surface area contributed by atoms with Crippen LogP contribution in [0.4, 0.5) is 0 Å². The Morgan fingerprint density at radius 1 is 1.33 bits per heavy atom. The van der Waals surface area contributed by atoms with Gasteiger partial charge >= 0.3 is 0 Å². The molecule has 0 aromatic carbocycles. The molecule has 2 nitrogen and oxygen atoms in total. The molecular formula is C14H17Cl2NO. The average molecular weight is 286 g/mol. The summed E-state index contributed by atoms with van der Waals surface area (Å²) in [4.78, 5) is 4.01. The Bertz CT molecular complexity index is 434. The first-order valence-corrected chi connectivity index (χ1v) is 6.95. The van der Waals surface area contributed by atoms with Gasteiger partial charge in [-0.25, -0.2) is 4.98 Å². The van der Waals surface area contributed by atoms with Gasteiger partial charge in [-0.1, -0.05) is 42.3 Å². The van der Waals surface area contributed by atoms with Crippen molar-refractivity contribution < 1.29 is 4.74 Å². The third-order valence-corrected chi connectivity index (χ3v) is 3.96. The number of nitrogens with zero attached hydrogens (tertiary/aromatic N) is 1. The standard InChI is InChI=1S/C14H17Cl2NO/c1-10-4-2-3-5-11(10)8-18-9-12-7-17-14(16)6-13(12)15/h2-3,6-7,10-11H,4-5,8-9H2,1H3. The van der Waals surface area contributed by atoms with Crippen LogP contribution in [0.5, 0.6) is 0 Å². The molecule has 0 bridgehead atoms. The number of hydrogen-bond donors (Lipinski definition) is 0. The molecule has 98 valence electrons. The number of pyridine rings is 1. The van der Waals surface area contributed by atoms with E-state index in [1.807, 2.05) is 0 Å². The second kappa shape index (κ2) is 6.55. The van der Waals surface area contributed by atoms with Gasteiger partial charge in [-0.15, -0.1) is 0 Å². The topological polar surface area (TPSA) is 22.1 Å². The van der Waals surface area contributed by atoms with Crippen LogP contribution in [-0.4, -0.2) is 11.6 Å². The third kappa shape index (κ3) is 3.71. The van der Waals surface area contributed by atoms with E-state index in [9.17, 15) is 0 Å². The third-order valence-electron chi connectivity index (χ3n) is 3.40. The lowest BCUT2D eigenvalue weighted by atomic mass is 9.85. The lowest BCUT2D eigenvalue weighted by Gasteiger charge is -2.24. The maximum atomic E-state index is 6.06. The van der Waals surface area contributed by atoms with Crippen LogP contribution in [0.2, 0.25) is 10.2 Å². The summed E-state index contributed by atoms with van der Waals surface area (Å²) in [6.07, 6.45) is 8.42. The largest absolute Gasteiger partial charge is 0.376 e. The Hall–Kier alpha value is -0.570. The van der Waals surface area contributed by atoms with Crippen molar-refractivity contribution in [1.29, 1.82) is 0 Å². The molecule has 0 N–H and O–H groups in total. The number of ether oxygens (including phenoxy) is 1. The molecule has 0 fully saturated rings. The van der Waals surface area contributed by atoms with Crippen molar-refractivity contribution in [2.75, 3.05) is 6.61 Å². The minimum atomic E-state index is 0.412.